The predicted octanol–water partition coefficient (Wildman–Crippen LogP) is 4.37. The molecule has 0 radical (unpaired) electrons. The summed E-state index contributed by atoms with van der Waals surface area (Å²) in [7, 11) is 0. The molecule has 2 atom stereocenters. The van der Waals surface area contributed by atoms with Crippen molar-refractivity contribution >= 4 is 21.6 Å². The fourth-order valence-electron chi connectivity index (χ4n) is 2.77. The highest BCUT2D eigenvalue weighted by molar-refractivity contribution is 9.10. The van der Waals surface area contributed by atoms with Crippen LogP contribution in [0.15, 0.2) is 22.7 Å². The summed E-state index contributed by atoms with van der Waals surface area (Å²) in [4.78, 5) is 0. The minimum Gasteiger partial charge on any atom is -0.398 e. The van der Waals surface area contributed by atoms with Crippen molar-refractivity contribution < 1.29 is 4.74 Å². The third-order valence-electron chi connectivity index (χ3n) is 3.80. The Kier molecular flexibility index (Phi) is 5.07. The summed E-state index contributed by atoms with van der Waals surface area (Å²) in [5, 5.41) is 0. The van der Waals surface area contributed by atoms with Crippen LogP contribution in [0.5, 0.6) is 0 Å². The summed E-state index contributed by atoms with van der Waals surface area (Å²) >= 11 is 3.52. The van der Waals surface area contributed by atoms with Crippen molar-refractivity contribution in [3.05, 3.63) is 28.2 Å². The molecule has 1 aromatic rings. The summed E-state index contributed by atoms with van der Waals surface area (Å²) in [5.74, 6) is 1.60. The molecule has 1 aromatic carbocycles. The SMILES string of the molecule is CC1CCCC(COCc2c(N)cccc2Br)C1. The molecule has 2 N–H and O–H groups in total. The van der Waals surface area contributed by atoms with Crippen LogP contribution in [-0.4, -0.2) is 6.61 Å². The number of hydrogen-bond acceptors (Lipinski definition) is 2. The monoisotopic (exact) mass is 311 g/mol. The van der Waals surface area contributed by atoms with E-state index in [-0.39, 0.29) is 0 Å². The lowest BCUT2D eigenvalue weighted by atomic mass is 9.83. The Morgan fingerprint density at radius 1 is 1.39 bits per heavy atom. The van der Waals surface area contributed by atoms with Gasteiger partial charge in [-0.05, 0) is 36.8 Å². The lowest BCUT2D eigenvalue weighted by Crippen LogP contribution is -2.18. The first kappa shape index (κ1) is 13.9. The van der Waals surface area contributed by atoms with E-state index in [0.29, 0.717) is 6.61 Å². The molecule has 1 saturated carbocycles. The molecule has 2 unspecified atom stereocenters. The smallest absolute Gasteiger partial charge is 0.0748 e. The van der Waals surface area contributed by atoms with Crippen LogP contribution < -0.4 is 5.73 Å². The fraction of sp³-hybridized carbons (Fsp3) is 0.600. The van der Waals surface area contributed by atoms with Crippen molar-refractivity contribution in [2.24, 2.45) is 11.8 Å². The summed E-state index contributed by atoms with van der Waals surface area (Å²) in [6.45, 7) is 3.82. The second kappa shape index (κ2) is 6.58. The van der Waals surface area contributed by atoms with E-state index >= 15 is 0 Å². The van der Waals surface area contributed by atoms with Crippen molar-refractivity contribution in [1.82, 2.24) is 0 Å². The van der Waals surface area contributed by atoms with E-state index in [1.807, 2.05) is 18.2 Å². The first-order valence-corrected chi connectivity index (χ1v) is 7.56. The number of nitrogen functional groups attached to an aromatic ring is 1. The number of benzene rings is 1. The molecule has 0 aromatic heterocycles. The Bertz CT molecular complexity index is 374. The average Bonchev–Trinajstić information content (AvgIpc) is 2.33. The third kappa shape index (κ3) is 3.72. The Hall–Kier alpha value is -0.540. The topological polar surface area (TPSA) is 35.2 Å². The van der Waals surface area contributed by atoms with E-state index < -0.39 is 0 Å². The molecule has 3 heteroatoms. The van der Waals surface area contributed by atoms with Crippen LogP contribution in [0.2, 0.25) is 0 Å². The third-order valence-corrected chi connectivity index (χ3v) is 4.54. The lowest BCUT2D eigenvalue weighted by molar-refractivity contribution is 0.0658. The van der Waals surface area contributed by atoms with Crippen molar-refractivity contribution in [3.63, 3.8) is 0 Å². The van der Waals surface area contributed by atoms with Crippen LogP contribution in [0, 0.1) is 11.8 Å². The zero-order chi connectivity index (χ0) is 13.0. The highest BCUT2D eigenvalue weighted by Crippen LogP contribution is 2.29. The first-order valence-electron chi connectivity index (χ1n) is 6.77. The van der Waals surface area contributed by atoms with Gasteiger partial charge in [-0.3, -0.25) is 0 Å². The minimum atomic E-state index is 0.609. The van der Waals surface area contributed by atoms with Gasteiger partial charge in [-0.2, -0.15) is 0 Å². The summed E-state index contributed by atoms with van der Waals surface area (Å²) in [6, 6.07) is 5.88. The van der Waals surface area contributed by atoms with Crippen LogP contribution in [-0.2, 0) is 11.3 Å². The highest BCUT2D eigenvalue weighted by Gasteiger charge is 2.19. The van der Waals surface area contributed by atoms with Crippen LogP contribution in [0.1, 0.15) is 38.2 Å². The van der Waals surface area contributed by atoms with E-state index in [9.17, 15) is 0 Å². The summed E-state index contributed by atoms with van der Waals surface area (Å²) < 4.78 is 6.90. The number of halogens is 1. The highest BCUT2D eigenvalue weighted by atomic mass is 79.9. The molecule has 100 valence electrons. The van der Waals surface area contributed by atoms with Gasteiger partial charge in [-0.25, -0.2) is 0 Å². The van der Waals surface area contributed by atoms with E-state index in [0.717, 1.165) is 34.2 Å². The van der Waals surface area contributed by atoms with Gasteiger partial charge in [-0.15, -0.1) is 0 Å². The molecule has 1 aliphatic rings. The quantitative estimate of drug-likeness (QED) is 0.838. The van der Waals surface area contributed by atoms with Crippen molar-refractivity contribution in [2.75, 3.05) is 12.3 Å². The molecule has 18 heavy (non-hydrogen) atoms. The van der Waals surface area contributed by atoms with Crippen molar-refractivity contribution in [1.29, 1.82) is 0 Å². The molecule has 2 rings (SSSR count). The largest absolute Gasteiger partial charge is 0.398 e. The minimum absolute atomic E-state index is 0.609. The van der Waals surface area contributed by atoms with E-state index in [4.69, 9.17) is 10.5 Å². The maximum absolute atomic E-state index is 5.95. The van der Waals surface area contributed by atoms with Gasteiger partial charge in [0.25, 0.3) is 0 Å². The number of anilines is 1. The fourth-order valence-corrected chi connectivity index (χ4v) is 3.26. The number of ether oxygens (including phenoxy) is 1. The maximum atomic E-state index is 5.95. The zero-order valence-corrected chi connectivity index (χ0v) is 12.6. The first-order chi connectivity index (χ1) is 8.66. The van der Waals surface area contributed by atoms with E-state index in [2.05, 4.69) is 22.9 Å². The van der Waals surface area contributed by atoms with Gasteiger partial charge in [0.2, 0.25) is 0 Å². The number of nitrogens with two attached hydrogens (primary N) is 1. The lowest BCUT2D eigenvalue weighted by Gasteiger charge is -2.26. The van der Waals surface area contributed by atoms with Gasteiger partial charge in [-0.1, -0.05) is 41.8 Å². The average molecular weight is 312 g/mol. The standard InChI is InChI=1S/C15H22BrNO/c1-11-4-2-5-12(8-11)9-18-10-13-14(16)6-3-7-15(13)17/h3,6-7,11-12H,2,4-5,8-10,17H2,1H3. The van der Waals surface area contributed by atoms with E-state index in [1.54, 1.807) is 0 Å². The van der Waals surface area contributed by atoms with Gasteiger partial charge >= 0.3 is 0 Å². The number of rotatable bonds is 4. The Morgan fingerprint density at radius 3 is 2.94 bits per heavy atom. The molecule has 0 spiro atoms. The maximum Gasteiger partial charge on any atom is 0.0748 e. The van der Waals surface area contributed by atoms with Crippen molar-refractivity contribution in [3.8, 4) is 0 Å². The Balaban J connectivity index is 1.81. The van der Waals surface area contributed by atoms with Gasteiger partial charge in [0, 0.05) is 22.3 Å². The molecule has 0 bridgehead atoms. The van der Waals surface area contributed by atoms with Crippen LogP contribution in [0.3, 0.4) is 0 Å². The molecule has 2 nitrogen and oxygen atoms in total. The zero-order valence-electron chi connectivity index (χ0n) is 11.0. The van der Waals surface area contributed by atoms with E-state index in [1.165, 1.54) is 25.7 Å². The van der Waals surface area contributed by atoms with Crippen LogP contribution in [0.4, 0.5) is 5.69 Å². The molecule has 1 fully saturated rings. The van der Waals surface area contributed by atoms with Gasteiger partial charge in [0.15, 0.2) is 0 Å². The van der Waals surface area contributed by atoms with Gasteiger partial charge in [0.05, 0.1) is 6.61 Å². The molecule has 0 aliphatic heterocycles. The predicted molar refractivity (Wildman–Crippen MR) is 79.3 cm³/mol. The van der Waals surface area contributed by atoms with Gasteiger partial charge < -0.3 is 10.5 Å². The molecular formula is C15H22BrNO. The van der Waals surface area contributed by atoms with Crippen LogP contribution >= 0.6 is 15.9 Å². The molecule has 1 aliphatic carbocycles. The molecule has 0 amide bonds. The van der Waals surface area contributed by atoms with Crippen LogP contribution in [0.25, 0.3) is 0 Å². The molecule has 0 heterocycles. The second-order valence-corrected chi connectivity index (χ2v) is 6.31. The summed E-state index contributed by atoms with van der Waals surface area (Å²) in [6.07, 6.45) is 5.36. The van der Waals surface area contributed by atoms with Crippen molar-refractivity contribution in [2.45, 2.75) is 39.2 Å². The molecule has 0 saturated heterocycles. The van der Waals surface area contributed by atoms with Gasteiger partial charge in [0.1, 0.15) is 0 Å². The second-order valence-electron chi connectivity index (χ2n) is 5.46. The Morgan fingerprint density at radius 2 is 2.22 bits per heavy atom. The summed E-state index contributed by atoms with van der Waals surface area (Å²) in [5.41, 5.74) is 7.83. The normalized spacial score (nSPS) is 24.1. The Labute approximate surface area is 118 Å². The number of hydrogen-bond donors (Lipinski definition) is 1. The molecular weight excluding hydrogens is 290 g/mol.